The van der Waals surface area contributed by atoms with Crippen molar-refractivity contribution in [3.8, 4) is 16.9 Å². The number of aryl methyl sites for hydroxylation is 3. The van der Waals surface area contributed by atoms with E-state index < -0.39 is 0 Å². The Bertz CT molecular complexity index is 1140. The standard InChI is InChI=1S/C27H33NO3/c1-8-30-26-20(7)27-23(13-22(26)19(6)12-25(29)28-14-16(2)3)24(15-31-27)21-10-9-17(4)11-18(21)5/h9-13,15-16H,8,14H2,1-7H3,(H,28,29)/b19-12+. The number of fused-ring (bicyclic) bond motifs is 1. The summed E-state index contributed by atoms with van der Waals surface area (Å²) < 4.78 is 12.0. The average molecular weight is 420 g/mol. The molecule has 0 aliphatic carbocycles. The zero-order valence-corrected chi connectivity index (χ0v) is 19.7. The molecule has 0 spiro atoms. The van der Waals surface area contributed by atoms with Crippen molar-refractivity contribution < 1.29 is 13.9 Å². The number of hydrogen-bond acceptors (Lipinski definition) is 3. The third kappa shape index (κ3) is 4.84. The largest absolute Gasteiger partial charge is 0.493 e. The maximum absolute atomic E-state index is 12.4. The van der Waals surface area contributed by atoms with Crippen LogP contribution in [0.4, 0.5) is 0 Å². The molecule has 3 aromatic rings. The summed E-state index contributed by atoms with van der Waals surface area (Å²) in [6.07, 6.45) is 3.48. The van der Waals surface area contributed by atoms with Gasteiger partial charge in [0.2, 0.25) is 5.91 Å². The Labute approximate surface area is 185 Å². The van der Waals surface area contributed by atoms with Gasteiger partial charge in [0.1, 0.15) is 11.3 Å². The Morgan fingerprint density at radius 3 is 2.55 bits per heavy atom. The molecule has 31 heavy (non-hydrogen) atoms. The molecule has 1 N–H and O–H groups in total. The molecule has 0 saturated heterocycles. The van der Waals surface area contributed by atoms with Crippen molar-refractivity contribution in [3.63, 3.8) is 0 Å². The van der Waals surface area contributed by atoms with Gasteiger partial charge in [-0.2, -0.15) is 0 Å². The lowest BCUT2D eigenvalue weighted by Crippen LogP contribution is -2.25. The van der Waals surface area contributed by atoms with Gasteiger partial charge >= 0.3 is 0 Å². The van der Waals surface area contributed by atoms with Crippen molar-refractivity contribution >= 4 is 22.4 Å². The topological polar surface area (TPSA) is 51.5 Å². The summed E-state index contributed by atoms with van der Waals surface area (Å²) in [5.41, 5.74) is 8.18. The fourth-order valence-electron chi connectivity index (χ4n) is 3.89. The summed E-state index contributed by atoms with van der Waals surface area (Å²) in [5.74, 6) is 1.08. The lowest BCUT2D eigenvalue weighted by atomic mass is 9.94. The first kappa shape index (κ1) is 22.7. The molecular weight excluding hydrogens is 386 g/mol. The Kier molecular flexibility index (Phi) is 6.89. The van der Waals surface area contributed by atoms with Crippen LogP contribution in [0.15, 0.2) is 41.0 Å². The minimum absolute atomic E-state index is 0.0896. The van der Waals surface area contributed by atoms with Crippen LogP contribution in [0.25, 0.3) is 27.7 Å². The third-order valence-electron chi connectivity index (χ3n) is 5.46. The van der Waals surface area contributed by atoms with Crippen molar-refractivity contribution in [3.05, 3.63) is 58.9 Å². The van der Waals surface area contributed by atoms with Gasteiger partial charge in [-0.15, -0.1) is 0 Å². The minimum Gasteiger partial charge on any atom is -0.493 e. The summed E-state index contributed by atoms with van der Waals surface area (Å²) in [7, 11) is 0. The highest BCUT2D eigenvalue weighted by molar-refractivity contribution is 6.02. The summed E-state index contributed by atoms with van der Waals surface area (Å²) >= 11 is 0. The van der Waals surface area contributed by atoms with E-state index in [2.05, 4.69) is 57.3 Å². The molecule has 1 amide bonds. The third-order valence-corrected chi connectivity index (χ3v) is 5.46. The molecule has 4 heteroatoms. The predicted molar refractivity (Wildman–Crippen MR) is 129 cm³/mol. The van der Waals surface area contributed by atoms with Gasteiger partial charge in [-0.3, -0.25) is 4.79 Å². The molecule has 0 unspecified atom stereocenters. The van der Waals surface area contributed by atoms with Crippen LogP contribution in [0.2, 0.25) is 0 Å². The zero-order valence-electron chi connectivity index (χ0n) is 19.7. The monoisotopic (exact) mass is 419 g/mol. The lowest BCUT2D eigenvalue weighted by Gasteiger charge is -2.15. The van der Waals surface area contributed by atoms with E-state index in [1.165, 1.54) is 11.1 Å². The van der Waals surface area contributed by atoms with E-state index in [-0.39, 0.29) is 5.91 Å². The van der Waals surface area contributed by atoms with Crippen LogP contribution >= 0.6 is 0 Å². The number of carbonyl (C=O) groups is 1. The van der Waals surface area contributed by atoms with Crippen molar-refractivity contribution in [1.29, 1.82) is 0 Å². The Morgan fingerprint density at radius 2 is 1.90 bits per heavy atom. The van der Waals surface area contributed by atoms with Crippen LogP contribution < -0.4 is 10.1 Å². The molecule has 3 rings (SSSR count). The second-order valence-corrected chi connectivity index (χ2v) is 8.62. The van der Waals surface area contributed by atoms with Gasteiger partial charge in [0, 0.05) is 34.7 Å². The maximum Gasteiger partial charge on any atom is 0.244 e. The van der Waals surface area contributed by atoms with Gasteiger partial charge in [-0.1, -0.05) is 37.6 Å². The molecule has 0 saturated carbocycles. The number of hydrogen-bond donors (Lipinski definition) is 1. The highest BCUT2D eigenvalue weighted by Gasteiger charge is 2.20. The fourth-order valence-corrected chi connectivity index (χ4v) is 3.89. The van der Waals surface area contributed by atoms with Gasteiger partial charge in [-0.25, -0.2) is 0 Å². The molecular formula is C27H33NO3. The number of rotatable bonds is 7. The average Bonchev–Trinajstić information content (AvgIpc) is 3.12. The first-order chi connectivity index (χ1) is 14.7. The summed E-state index contributed by atoms with van der Waals surface area (Å²) in [5, 5.41) is 3.98. The van der Waals surface area contributed by atoms with E-state index in [9.17, 15) is 4.79 Å². The molecule has 0 fully saturated rings. The molecule has 0 radical (unpaired) electrons. The molecule has 0 bridgehead atoms. The number of amides is 1. The van der Waals surface area contributed by atoms with E-state index in [0.29, 0.717) is 19.1 Å². The van der Waals surface area contributed by atoms with Crippen LogP contribution in [-0.2, 0) is 4.79 Å². The molecule has 1 aromatic heterocycles. The van der Waals surface area contributed by atoms with Crippen LogP contribution in [0.3, 0.4) is 0 Å². The van der Waals surface area contributed by atoms with Crippen molar-refractivity contribution in [1.82, 2.24) is 5.32 Å². The Balaban J connectivity index is 2.15. The normalized spacial score (nSPS) is 11.9. The van der Waals surface area contributed by atoms with E-state index >= 15 is 0 Å². The number of benzene rings is 2. The Morgan fingerprint density at radius 1 is 1.16 bits per heavy atom. The van der Waals surface area contributed by atoms with Crippen LogP contribution in [0.1, 0.15) is 49.9 Å². The number of allylic oxidation sites excluding steroid dienone is 1. The highest BCUT2D eigenvalue weighted by atomic mass is 16.5. The summed E-state index contributed by atoms with van der Waals surface area (Å²) in [4.78, 5) is 12.4. The number of carbonyl (C=O) groups excluding carboxylic acids is 1. The predicted octanol–water partition coefficient (Wildman–Crippen LogP) is 6.60. The first-order valence-corrected chi connectivity index (χ1v) is 10.9. The lowest BCUT2D eigenvalue weighted by molar-refractivity contribution is -0.116. The van der Waals surface area contributed by atoms with Gasteiger partial charge < -0.3 is 14.5 Å². The van der Waals surface area contributed by atoms with E-state index in [1.54, 1.807) is 6.08 Å². The number of ether oxygens (including phenoxy) is 1. The number of nitrogens with one attached hydrogen (secondary N) is 1. The summed E-state index contributed by atoms with van der Waals surface area (Å²) in [6.45, 7) is 15.5. The quantitative estimate of drug-likeness (QED) is 0.439. The number of furan rings is 1. The summed E-state index contributed by atoms with van der Waals surface area (Å²) in [6, 6.07) is 8.53. The molecule has 0 atom stereocenters. The SMILES string of the molecule is CCOc1c(/C(C)=C/C(=O)NCC(C)C)cc2c(-c3ccc(C)cc3C)coc2c1C. The molecule has 0 aliphatic heterocycles. The van der Waals surface area contributed by atoms with Crippen molar-refractivity contribution in [2.45, 2.75) is 48.5 Å². The van der Waals surface area contributed by atoms with Gasteiger partial charge in [0.25, 0.3) is 0 Å². The molecule has 164 valence electrons. The van der Waals surface area contributed by atoms with Gasteiger partial charge in [-0.05, 0) is 63.3 Å². The molecule has 1 heterocycles. The molecule has 0 aliphatic rings. The van der Waals surface area contributed by atoms with Crippen LogP contribution in [0.5, 0.6) is 5.75 Å². The second-order valence-electron chi connectivity index (χ2n) is 8.62. The fraction of sp³-hybridized carbons (Fsp3) is 0.370. The maximum atomic E-state index is 12.4. The van der Waals surface area contributed by atoms with Crippen molar-refractivity contribution in [2.24, 2.45) is 5.92 Å². The minimum atomic E-state index is -0.0896. The van der Waals surface area contributed by atoms with Crippen molar-refractivity contribution in [2.75, 3.05) is 13.2 Å². The van der Waals surface area contributed by atoms with Gasteiger partial charge in [0.05, 0.1) is 12.9 Å². The smallest absolute Gasteiger partial charge is 0.244 e. The second kappa shape index (κ2) is 9.42. The van der Waals surface area contributed by atoms with E-state index in [4.69, 9.17) is 9.15 Å². The zero-order chi connectivity index (χ0) is 22.7. The highest BCUT2D eigenvalue weighted by Crippen LogP contribution is 2.41. The van der Waals surface area contributed by atoms with Gasteiger partial charge in [0.15, 0.2) is 0 Å². The first-order valence-electron chi connectivity index (χ1n) is 10.9. The Hall–Kier alpha value is -3.01. The molecule has 2 aromatic carbocycles. The van der Waals surface area contributed by atoms with Crippen LogP contribution in [-0.4, -0.2) is 19.1 Å². The van der Waals surface area contributed by atoms with Crippen LogP contribution in [0, 0.1) is 26.7 Å². The van der Waals surface area contributed by atoms with E-state index in [0.717, 1.165) is 44.5 Å². The molecule has 4 nitrogen and oxygen atoms in total. The van der Waals surface area contributed by atoms with E-state index in [1.807, 2.05) is 27.0 Å².